The van der Waals surface area contributed by atoms with Gasteiger partial charge in [-0.25, -0.2) is 0 Å². The summed E-state index contributed by atoms with van der Waals surface area (Å²) in [5, 5.41) is 2.96. The lowest BCUT2D eigenvalue weighted by Crippen LogP contribution is -2.22. The van der Waals surface area contributed by atoms with Crippen molar-refractivity contribution in [2.45, 2.75) is 32.6 Å². The average molecular weight is 247 g/mol. The summed E-state index contributed by atoms with van der Waals surface area (Å²) in [6.07, 6.45) is 3.64. The molecule has 1 aliphatic rings. The number of benzene rings is 1. The molecule has 1 aromatic carbocycles. The molecule has 1 heterocycles. The first-order valence-electron chi connectivity index (χ1n) is 6.74. The Balaban J connectivity index is 1.82. The largest absolute Gasteiger partial charge is 0.381 e. The lowest BCUT2D eigenvalue weighted by atomic mass is 9.96. The van der Waals surface area contributed by atoms with Crippen molar-refractivity contribution in [3.8, 4) is 0 Å². The normalized spacial score (nSPS) is 16.5. The quantitative estimate of drug-likeness (QED) is 0.888. The number of anilines is 1. The van der Waals surface area contributed by atoms with Crippen LogP contribution in [0.1, 0.15) is 31.7 Å². The van der Waals surface area contributed by atoms with Crippen molar-refractivity contribution in [1.29, 1.82) is 0 Å². The van der Waals surface area contributed by atoms with Gasteiger partial charge in [0.1, 0.15) is 0 Å². The van der Waals surface area contributed by atoms with E-state index < -0.39 is 0 Å². The summed E-state index contributed by atoms with van der Waals surface area (Å²) in [6, 6.07) is 8.07. The number of hydrogen-bond donors (Lipinski definition) is 1. The molecule has 0 radical (unpaired) electrons. The molecule has 1 fully saturated rings. The summed E-state index contributed by atoms with van der Waals surface area (Å²) in [5.74, 6) is 0.597. The Morgan fingerprint density at radius 3 is 2.56 bits per heavy atom. The maximum Gasteiger partial charge on any atom is 0.224 e. The lowest BCUT2D eigenvalue weighted by molar-refractivity contribution is -0.117. The smallest absolute Gasteiger partial charge is 0.224 e. The average Bonchev–Trinajstić information content (AvgIpc) is 2.40. The van der Waals surface area contributed by atoms with E-state index in [-0.39, 0.29) is 5.91 Å². The fraction of sp³-hybridized carbons (Fsp3) is 0.533. The first-order valence-corrected chi connectivity index (χ1v) is 6.74. The Bertz CT molecular complexity index is 380. The van der Waals surface area contributed by atoms with Crippen LogP contribution < -0.4 is 5.32 Å². The molecular weight excluding hydrogens is 226 g/mol. The Morgan fingerprint density at radius 1 is 1.28 bits per heavy atom. The van der Waals surface area contributed by atoms with Crippen LogP contribution in [-0.4, -0.2) is 19.1 Å². The number of hydrogen-bond acceptors (Lipinski definition) is 2. The molecule has 18 heavy (non-hydrogen) atoms. The van der Waals surface area contributed by atoms with E-state index in [4.69, 9.17) is 4.74 Å². The molecule has 2 rings (SSSR count). The summed E-state index contributed by atoms with van der Waals surface area (Å²) in [6.45, 7) is 3.71. The first kappa shape index (κ1) is 13.1. The molecule has 0 unspecified atom stereocenters. The van der Waals surface area contributed by atoms with Gasteiger partial charge in [0, 0.05) is 25.3 Å². The van der Waals surface area contributed by atoms with E-state index in [0.29, 0.717) is 12.3 Å². The molecular formula is C15H21NO2. The number of carbonyl (C=O) groups excluding carboxylic acids is 1. The summed E-state index contributed by atoms with van der Waals surface area (Å²) in [4.78, 5) is 11.9. The molecule has 1 N–H and O–H groups in total. The van der Waals surface area contributed by atoms with Crippen molar-refractivity contribution >= 4 is 11.6 Å². The number of aryl methyl sites for hydroxylation is 1. The van der Waals surface area contributed by atoms with E-state index in [1.807, 2.05) is 12.1 Å². The Morgan fingerprint density at radius 2 is 1.94 bits per heavy atom. The van der Waals surface area contributed by atoms with E-state index in [0.717, 1.165) is 38.2 Å². The topological polar surface area (TPSA) is 38.3 Å². The van der Waals surface area contributed by atoms with Gasteiger partial charge in [-0.3, -0.25) is 4.79 Å². The summed E-state index contributed by atoms with van der Waals surface area (Å²) >= 11 is 0. The second-order valence-corrected chi connectivity index (χ2v) is 4.86. The minimum absolute atomic E-state index is 0.117. The summed E-state index contributed by atoms with van der Waals surface area (Å²) < 4.78 is 5.29. The highest BCUT2D eigenvalue weighted by Gasteiger charge is 2.17. The molecule has 0 bridgehead atoms. The predicted octanol–water partition coefficient (Wildman–Crippen LogP) is 3.00. The monoisotopic (exact) mass is 247 g/mol. The van der Waals surface area contributed by atoms with Crippen LogP contribution in [0.2, 0.25) is 0 Å². The zero-order valence-electron chi connectivity index (χ0n) is 10.9. The predicted molar refractivity (Wildman–Crippen MR) is 72.6 cm³/mol. The van der Waals surface area contributed by atoms with Gasteiger partial charge in [0.2, 0.25) is 5.91 Å². The Hall–Kier alpha value is -1.35. The van der Waals surface area contributed by atoms with E-state index in [1.54, 1.807) is 0 Å². The van der Waals surface area contributed by atoms with Gasteiger partial charge in [-0.1, -0.05) is 19.1 Å². The maximum atomic E-state index is 11.9. The summed E-state index contributed by atoms with van der Waals surface area (Å²) in [7, 11) is 0. The van der Waals surface area contributed by atoms with Gasteiger partial charge in [-0.05, 0) is 42.9 Å². The van der Waals surface area contributed by atoms with E-state index in [1.165, 1.54) is 5.56 Å². The van der Waals surface area contributed by atoms with E-state index in [9.17, 15) is 4.79 Å². The molecule has 0 atom stereocenters. The number of carbonyl (C=O) groups is 1. The van der Waals surface area contributed by atoms with Crippen molar-refractivity contribution in [3.05, 3.63) is 29.8 Å². The third-order valence-corrected chi connectivity index (χ3v) is 3.46. The molecule has 1 aliphatic heterocycles. The van der Waals surface area contributed by atoms with Gasteiger partial charge < -0.3 is 10.1 Å². The van der Waals surface area contributed by atoms with E-state index >= 15 is 0 Å². The van der Waals surface area contributed by atoms with Crippen LogP contribution in [-0.2, 0) is 16.0 Å². The van der Waals surface area contributed by atoms with Gasteiger partial charge >= 0.3 is 0 Å². The van der Waals surface area contributed by atoms with Crippen molar-refractivity contribution in [3.63, 3.8) is 0 Å². The van der Waals surface area contributed by atoms with Crippen LogP contribution in [0.4, 0.5) is 5.69 Å². The molecule has 98 valence electrons. The van der Waals surface area contributed by atoms with Crippen molar-refractivity contribution in [1.82, 2.24) is 0 Å². The highest BCUT2D eigenvalue weighted by atomic mass is 16.5. The molecule has 0 aromatic heterocycles. The van der Waals surface area contributed by atoms with Gasteiger partial charge in [-0.2, -0.15) is 0 Å². The minimum Gasteiger partial charge on any atom is -0.381 e. The third kappa shape index (κ3) is 3.84. The van der Waals surface area contributed by atoms with Crippen molar-refractivity contribution < 1.29 is 9.53 Å². The zero-order chi connectivity index (χ0) is 12.8. The molecule has 1 saturated heterocycles. The minimum atomic E-state index is 0.117. The second-order valence-electron chi connectivity index (χ2n) is 4.86. The number of amides is 1. The van der Waals surface area contributed by atoms with Crippen LogP contribution in [0, 0.1) is 5.92 Å². The Kier molecular flexibility index (Phi) is 4.76. The number of ether oxygens (including phenoxy) is 1. The van der Waals surface area contributed by atoms with Crippen molar-refractivity contribution in [2.75, 3.05) is 18.5 Å². The van der Waals surface area contributed by atoms with E-state index in [2.05, 4.69) is 24.4 Å². The molecule has 1 aromatic rings. The van der Waals surface area contributed by atoms with Crippen LogP contribution in [0.3, 0.4) is 0 Å². The van der Waals surface area contributed by atoms with Crippen LogP contribution in [0.15, 0.2) is 24.3 Å². The van der Waals surface area contributed by atoms with Crippen LogP contribution in [0.25, 0.3) is 0 Å². The highest BCUT2D eigenvalue weighted by Crippen LogP contribution is 2.19. The Labute approximate surface area is 109 Å². The molecule has 0 spiro atoms. The molecule has 3 nitrogen and oxygen atoms in total. The SMILES string of the molecule is CCc1ccc(NC(=O)CC2CCOCC2)cc1. The number of rotatable bonds is 4. The molecule has 1 amide bonds. The van der Waals surface area contributed by atoms with Gasteiger partial charge in [0.15, 0.2) is 0 Å². The maximum absolute atomic E-state index is 11.9. The van der Waals surface area contributed by atoms with Crippen LogP contribution in [0.5, 0.6) is 0 Å². The lowest BCUT2D eigenvalue weighted by Gasteiger charge is -2.21. The first-order chi connectivity index (χ1) is 8.78. The summed E-state index contributed by atoms with van der Waals surface area (Å²) in [5.41, 5.74) is 2.18. The van der Waals surface area contributed by atoms with Gasteiger partial charge in [0.25, 0.3) is 0 Å². The van der Waals surface area contributed by atoms with Gasteiger partial charge in [-0.15, -0.1) is 0 Å². The molecule has 0 aliphatic carbocycles. The van der Waals surface area contributed by atoms with Gasteiger partial charge in [0.05, 0.1) is 0 Å². The zero-order valence-corrected chi connectivity index (χ0v) is 10.9. The fourth-order valence-electron chi connectivity index (χ4n) is 2.25. The van der Waals surface area contributed by atoms with Crippen LogP contribution >= 0.6 is 0 Å². The highest BCUT2D eigenvalue weighted by molar-refractivity contribution is 5.90. The number of nitrogens with one attached hydrogen (secondary N) is 1. The second kappa shape index (κ2) is 6.55. The standard InChI is InChI=1S/C15H21NO2/c1-2-12-3-5-14(6-4-12)16-15(17)11-13-7-9-18-10-8-13/h3-6,13H,2,7-11H2,1H3,(H,16,17). The van der Waals surface area contributed by atoms with Crippen molar-refractivity contribution in [2.24, 2.45) is 5.92 Å². The fourth-order valence-corrected chi connectivity index (χ4v) is 2.25. The third-order valence-electron chi connectivity index (χ3n) is 3.46. The molecule has 0 saturated carbocycles. The molecule has 3 heteroatoms.